The largest absolute Gasteiger partial charge is 0.508 e. The minimum Gasteiger partial charge on any atom is -0.508 e. The third kappa shape index (κ3) is 4.72. The molecule has 7 nitrogen and oxygen atoms in total. The smallest absolute Gasteiger partial charge is 0.329 e. The third-order valence-corrected chi connectivity index (χ3v) is 2.94. The van der Waals surface area contributed by atoms with Crippen LogP contribution in [0, 0.1) is 0 Å². The minimum atomic E-state index is -0.977. The van der Waals surface area contributed by atoms with Crippen LogP contribution in [0.3, 0.4) is 0 Å². The second-order valence-electron chi connectivity index (χ2n) is 4.40. The van der Waals surface area contributed by atoms with E-state index in [0.717, 1.165) is 12.3 Å². The molecular formula is C15H12ClN3O4. The molecule has 2 rings (SSSR count). The van der Waals surface area contributed by atoms with Gasteiger partial charge in [-0.1, -0.05) is 11.6 Å². The van der Waals surface area contributed by atoms with Crippen LogP contribution in [0.4, 0.5) is 5.69 Å². The molecular weight excluding hydrogens is 322 g/mol. The van der Waals surface area contributed by atoms with Gasteiger partial charge in [-0.25, -0.2) is 5.43 Å². The van der Waals surface area contributed by atoms with Crippen LogP contribution < -0.4 is 10.7 Å². The molecule has 0 saturated carbocycles. The number of phenols is 2. The summed E-state index contributed by atoms with van der Waals surface area (Å²) >= 11 is 5.71. The molecule has 0 aliphatic heterocycles. The molecule has 4 N–H and O–H groups in total. The number of nitrogens with one attached hydrogen (secondary N) is 2. The summed E-state index contributed by atoms with van der Waals surface area (Å²) in [5.74, 6) is -2.20. The first kappa shape index (κ1) is 16.3. The summed E-state index contributed by atoms with van der Waals surface area (Å²) in [5.41, 5.74) is 2.70. The quantitative estimate of drug-likeness (QED) is 0.390. The topological polar surface area (TPSA) is 111 Å². The van der Waals surface area contributed by atoms with Crippen LogP contribution in [0.1, 0.15) is 5.56 Å². The number of nitrogens with zero attached hydrogens (tertiary/aromatic N) is 1. The number of carbonyl (C=O) groups excluding carboxylic acids is 2. The summed E-state index contributed by atoms with van der Waals surface area (Å²) < 4.78 is 0. The number of phenolic OH excluding ortho intramolecular Hbond substituents is 2. The fraction of sp³-hybridized carbons (Fsp3) is 0. The second kappa shape index (κ2) is 7.28. The molecule has 0 unspecified atom stereocenters. The van der Waals surface area contributed by atoms with Gasteiger partial charge >= 0.3 is 11.8 Å². The first-order valence-corrected chi connectivity index (χ1v) is 6.75. The monoisotopic (exact) mass is 333 g/mol. The van der Waals surface area contributed by atoms with Gasteiger partial charge in [0, 0.05) is 22.3 Å². The maximum absolute atomic E-state index is 11.6. The lowest BCUT2D eigenvalue weighted by molar-refractivity contribution is -0.136. The van der Waals surface area contributed by atoms with Crippen molar-refractivity contribution in [3.8, 4) is 11.5 Å². The van der Waals surface area contributed by atoms with E-state index in [-0.39, 0.29) is 17.1 Å². The number of carbonyl (C=O) groups is 2. The van der Waals surface area contributed by atoms with Crippen LogP contribution in [0.2, 0.25) is 5.02 Å². The van der Waals surface area contributed by atoms with E-state index in [9.17, 15) is 14.7 Å². The molecule has 0 saturated heterocycles. The van der Waals surface area contributed by atoms with Crippen molar-refractivity contribution in [1.82, 2.24) is 5.43 Å². The van der Waals surface area contributed by atoms with Gasteiger partial charge in [-0.3, -0.25) is 9.59 Å². The number of benzene rings is 2. The number of hydrogen-bond donors (Lipinski definition) is 4. The van der Waals surface area contributed by atoms with Gasteiger partial charge in [0.2, 0.25) is 0 Å². The van der Waals surface area contributed by atoms with E-state index in [2.05, 4.69) is 10.4 Å². The Morgan fingerprint density at radius 3 is 2.39 bits per heavy atom. The summed E-state index contributed by atoms with van der Waals surface area (Å²) in [5, 5.41) is 25.1. The highest BCUT2D eigenvalue weighted by atomic mass is 35.5. The van der Waals surface area contributed by atoms with E-state index in [1.165, 1.54) is 12.1 Å². The summed E-state index contributed by atoms with van der Waals surface area (Å²) in [6, 6.07) is 10.1. The molecule has 2 aromatic carbocycles. The molecule has 8 heteroatoms. The van der Waals surface area contributed by atoms with Gasteiger partial charge < -0.3 is 15.5 Å². The molecule has 2 aromatic rings. The van der Waals surface area contributed by atoms with Crippen LogP contribution >= 0.6 is 11.6 Å². The van der Waals surface area contributed by atoms with Gasteiger partial charge in [0.25, 0.3) is 0 Å². The third-order valence-electron chi connectivity index (χ3n) is 2.69. The number of hydrazone groups is 1. The van der Waals surface area contributed by atoms with Crippen LogP contribution in [0.15, 0.2) is 47.6 Å². The molecule has 0 atom stereocenters. The fourth-order valence-electron chi connectivity index (χ4n) is 1.57. The lowest BCUT2D eigenvalue weighted by Crippen LogP contribution is -2.32. The fourth-order valence-corrected chi connectivity index (χ4v) is 1.70. The lowest BCUT2D eigenvalue weighted by Gasteiger charge is -2.04. The average molecular weight is 334 g/mol. The number of hydrogen-bond acceptors (Lipinski definition) is 5. The Morgan fingerprint density at radius 2 is 1.74 bits per heavy atom. The second-order valence-corrected chi connectivity index (χ2v) is 4.84. The molecule has 2 amide bonds. The standard InChI is InChI=1S/C15H12ClN3O4/c16-10-2-4-11(5-3-10)18-14(22)15(23)19-17-8-9-1-6-12(20)7-13(9)21/h1-8,20-21H,(H,18,22)(H,19,23)/b17-8-. The highest BCUT2D eigenvalue weighted by Gasteiger charge is 2.12. The van der Waals surface area contributed by atoms with Gasteiger partial charge in [0.15, 0.2) is 0 Å². The molecule has 23 heavy (non-hydrogen) atoms. The molecule has 0 aromatic heterocycles. The van der Waals surface area contributed by atoms with E-state index in [0.29, 0.717) is 10.7 Å². The summed E-state index contributed by atoms with van der Waals surface area (Å²) in [6.07, 6.45) is 1.14. The molecule has 0 heterocycles. The Hall–Kier alpha value is -3.06. The molecule has 0 aliphatic rings. The van der Waals surface area contributed by atoms with Crippen molar-refractivity contribution in [2.45, 2.75) is 0 Å². The van der Waals surface area contributed by atoms with Crippen LogP contribution in [0.25, 0.3) is 0 Å². The van der Waals surface area contributed by atoms with Gasteiger partial charge in [0.1, 0.15) is 11.5 Å². The molecule has 0 spiro atoms. The van der Waals surface area contributed by atoms with Gasteiger partial charge in [-0.05, 0) is 36.4 Å². The van der Waals surface area contributed by atoms with Gasteiger partial charge in [-0.15, -0.1) is 0 Å². The van der Waals surface area contributed by atoms with Crippen molar-refractivity contribution in [2.75, 3.05) is 5.32 Å². The van der Waals surface area contributed by atoms with Gasteiger partial charge in [0.05, 0.1) is 6.21 Å². The van der Waals surface area contributed by atoms with Crippen molar-refractivity contribution < 1.29 is 19.8 Å². The van der Waals surface area contributed by atoms with Crippen molar-refractivity contribution >= 4 is 35.3 Å². The number of halogens is 1. The number of amides is 2. The maximum Gasteiger partial charge on any atom is 0.329 e. The Bertz CT molecular complexity index is 760. The number of rotatable bonds is 3. The molecule has 0 bridgehead atoms. The zero-order valence-electron chi connectivity index (χ0n) is 11.7. The van der Waals surface area contributed by atoms with Crippen molar-refractivity contribution in [1.29, 1.82) is 0 Å². The predicted octanol–water partition coefficient (Wildman–Crippen LogP) is 1.84. The Morgan fingerprint density at radius 1 is 1.04 bits per heavy atom. The van der Waals surface area contributed by atoms with Crippen molar-refractivity contribution in [3.05, 3.63) is 53.1 Å². The van der Waals surface area contributed by atoms with Gasteiger partial charge in [-0.2, -0.15) is 5.10 Å². The average Bonchev–Trinajstić information content (AvgIpc) is 2.51. The SMILES string of the molecule is O=C(N/N=C\c1ccc(O)cc1O)C(=O)Nc1ccc(Cl)cc1. The molecule has 0 aliphatic carbocycles. The Kier molecular flexibility index (Phi) is 5.16. The molecule has 0 radical (unpaired) electrons. The van der Waals surface area contributed by atoms with E-state index < -0.39 is 11.8 Å². The normalized spacial score (nSPS) is 10.5. The number of anilines is 1. The minimum absolute atomic E-state index is 0.106. The lowest BCUT2D eigenvalue weighted by atomic mass is 10.2. The van der Waals surface area contributed by atoms with E-state index in [4.69, 9.17) is 16.7 Å². The highest BCUT2D eigenvalue weighted by molar-refractivity contribution is 6.39. The summed E-state index contributed by atoms with van der Waals surface area (Å²) in [4.78, 5) is 23.2. The molecule has 118 valence electrons. The van der Waals surface area contributed by atoms with Crippen LogP contribution in [-0.2, 0) is 9.59 Å². The summed E-state index contributed by atoms with van der Waals surface area (Å²) in [6.45, 7) is 0. The zero-order valence-corrected chi connectivity index (χ0v) is 12.4. The van der Waals surface area contributed by atoms with Crippen molar-refractivity contribution in [3.63, 3.8) is 0 Å². The maximum atomic E-state index is 11.6. The van der Waals surface area contributed by atoms with E-state index in [1.54, 1.807) is 24.3 Å². The Balaban J connectivity index is 1.92. The van der Waals surface area contributed by atoms with E-state index in [1.807, 2.05) is 5.43 Å². The van der Waals surface area contributed by atoms with Crippen molar-refractivity contribution in [2.24, 2.45) is 5.10 Å². The highest BCUT2D eigenvalue weighted by Crippen LogP contribution is 2.20. The summed E-state index contributed by atoms with van der Waals surface area (Å²) in [7, 11) is 0. The van der Waals surface area contributed by atoms with Crippen LogP contribution in [0.5, 0.6) is 11.5 Å². The predicted molar refractivity (Wildman–Crippen MR) is 85.6 cm³/mol. The first-order chi connectivity index (χ1) is 11.0. The van der Waals surface area contributed by atoms with E-state index >= 15 is 0 Å². The zero-order chi connectivity index (χ0) is 16.8. The Labute approximate surface area is 136 Å². The molecule has 0 fully saturated rings. The number of aromatic hydroxyl groups is 2. The first-order valence-electron chi connectivity index (χ1n) is 6.37. The van der Waals surface area contributed by atoms with Crippen LogP contribution in [-0.4, -0.2) is 28.2 Å².